The molecule has 0 fully saturated rings. The largest absolute Gasteiger partial charge is 0.392 e. The number of rotatable bonds is 1. The van der Waals surface area contributed by atoms with Crippen LogP contribution >= 0.6 is 0 Å². The van der Waals surface area contributed by atoms with Crippen molar-refractivity contribution in [2.45, 2.75) is 6.61 Å². The fourth-order valence-corrected chi connectivity index (χ4v) is 1.36. The summed E-state index contributed by atoms with van der Waals surface area (Å²) in [5, 5.41) is 14.1. The predicted octanol–water partition coefficient (Wildman–Crippen LogP) is 0.866. The number of benzene rings is 1. The predicted molar refractivity (Wildman–Crippen MR) is 45.5 cm³/mol. The zero-order chi connectivity index (χ0) is 8.55. The molecule has 1 aromatic heterocycles. The van der Waals surface area contributed by atoms with Crippen molar-refractivity contribution in [2.75, 3.05) is 0 Å². The van der Waals surface area contributed by atoms with Gasteiger partial charge in [-0.25, -0.2) is 0 Å². The summed E-state index contributed by atoms with van der Waals surface area (Å²) in [5.41, 5.74) is 1.85. The summed E-state index contributed by atoms with van der Waals surface area (Å²) in [4.78, 5) is 0. The first-order valence-electron chi connectivity index (χ1n) is 3.75. The maximum absolute atomic E-state index is 9.02. The number of aliphatic hydroxyl groups is 1. The Morgan fingerprint density at radius 1 is 1.67 bits per heavy atom. The van der Waals surface area contributed by atoms with Gasteiger partial charge >= 0.3 is 0 Å². The third kappa shape index (κ3) is 0.905. The molecule has 0 unspecified atom stereocenters. The van der Waals surface area contributed by atoms with E-state index in [-0.39, 0.29) is 6.61 Å². The highest BCUT2D eigenvalue weighted by Gasteiger charge is 2.03. The second-order valence-corrected chi connectivity index (χ2v) is 2.69. The molecule has 0 spiro atoms. The minimum Gasteiger partial charge on any atom is -0.392 e. The monoisotopic (exact) mass is 161 g/mol. The van der Waals surface area contributed by atoms with Gasteiger partial charge in [-0.2, -0.15) is 5.10 Å². The van der Waals surface area contributed by atoms with Crippen LogP contribution in [0, 0.1) is 6.07 Å². The van der Waals surface area contributed by atoms with Crippen molar-refractivity contribution in [3.63, 3.8) is 0 Å². The zero-order valence-corrected chi connectivity index (χ0v) is 6.78. The Bertz CT molecular complexity index is 406. The highest BCUT2D eigenvalue weighted by atomic mass is 16.3. The Morgan fingerprint density at radius 3 is 3.25 bits per heavy atom. The van der Waals surface area contributed by atoms with Gasteiger partial charge in [-0.3, -0.25) is 4.68 Å². The molecule has 3 nitrogen and oxygen atoms in total. The summed E-state index contributed by atoms with van der Waals surface area (Å²) in [7, 11) is 1.86. The summed E-state index contributed by atoms with van der Waals surface area (Å²) in [6.07, 6.45) is 1.74. The molecule has 0 saturated heterocycles. The molecule has 0 amide bonds. The molecule has 1 N–H and O–H groups in total. The number of fused-ring (bicyclic) bond motifs is 1. The quantitative estimate of drug-likeness (QED) is 0.673. The molecular weight excluding hydrogens is 152 g/mol. The average Bonchev–Trinajstić information content (AvgIpc) is 2.48. The van der Waals surface area contributed by atoms with Crippen molar-refractivity contribution in [1.29, 1.82) is 0 Å². The Morgan fingerprint density at radius 2 is 2.50 bits per heavy atom. The normalized spacial score (nSPS) is 10.8. The van der Waals surface area contributed by atoms with Crippen molar-refractivity contribution in [2.24, 2.45) is 7.05 Å². The van der Waals surface area contributed by atoms with Crippen LogP contribution in [0.4, 0.5) is 0 Å². The first-order valence-corrected chi connectivity index (χ1v) is 3.75. The second kappa shape index (κ2) is 2.60. The van der Waals surface area contributed by atoms with Gasteiger partial charge < -0.3 is 5.11 Å². The van der Waals surface area contributed by atoms with E-state index >= 15 is 0 Å². The second-order valence-electron chi connectivity index (χ2n) is 2.69. The van der Waals surface area contributed by atoms with Crippen LogP contribution in [0.5, 0.6) is 0 Å². The maximum Gasteiger partial charge on any atom is 0.0740 e. The van der Waals surface area contributed by atoms with E-state index in [0.29, 0.717) is 0 Å². The minimum absolute atomic E-state index is 0.0463. The van der Waals surface area contributed by atoms with Gasteiger partial charge in [-0.15, -0.1) is 0 Å². The van der Waals surface area contributed by atoms with Crippen LogP contribution in [-0.4, -0.2) is 14.9 Å². The molecule has 0 bridgehead atoms. The number of hydrogen-bond donors (Lipinski definition) is 1. The molecule has 2 rings (SSSR count). The van der Waals surface area contributed by atoms with Crippen LogP contribution in [0.1, 0.15) is 5.56 Å². The van der Waals surface area contributed by atoms with E-state index in [1.54, 1.807) is 16.9 Å². The van der Waals surface area contributed by atoms with E-state index < -0.39 is 0 Å². The number of aliphatic hydroxyl groups excluding tert-OH is 1. The Balaban J connectivity index is 2.84. The standard InChI is InChI=1S/C9H9N2O/c1-11-9-7(5-10-11)3-2-4-8(9)6-12/h2,4-5,12H,6H2,1H3. The van der Waals surface area contributed by atoms with E-state index in [9.17, 15) is 0 Å². The lowest BCUT2D eigenvalue weighted by atomic mass is 10.1. The summed E-state index contributed by atoms with van der Waals surface area (Å²) in [6, 6.07) is 6.70. The van der Waals surface area contributed by atoms with Crippen LogP contribution in [0.15, 0.2) is 18.3 Å². The van der Waals surface area contributed by atoms with Gasteiger partial charge in [-0.1, -0.05) is 12.1 Å². The van der Waals surface area contributed by atoms with Crippen molar-refractivity contribution in [3.05, 3.63) is 30.0 Å². The molecule has 0 saturated carbocycles. The van der Waals surface area contributed by atoms with Gasteiger partial charge in [0.15, 0.2) is 0 Å². The van der Waals surface area contributed by atoms with Crippen molar-refractivity contribution in [1.82, 2.24) is 9.78 Å². The van der Waals surface area contributed by atoms with Gasteiger partial charge in [0.1, 0.15) is 0 Å². The van der Waals surface area contributed by atoms with Gasteiger partial charge in [0, 0.05) is 18.0 Å². The van der Waals surface area contributed by atoms with E-state index in [1.807, 2.05) is 13.1 Å². The van der Waals surface area contributed by atoms with E-state index in [0.717, 1.165) is 16.5 Å². The number of nitrogens with zero attached hydrogens (tertiary/aromatic N) is 2. The van der Waals surface area contributed by atoms with E-state index in [1.165, 1.54) is 0 Å². The zero-order valence-electron chi connectivity index (χ0n) is 6.78. The number of hydrogen-bond acceptors (Lipinski definition) is 2. The number of aromatic nitrogens is 2. The van der Waals surface area contributed by atoms with Gasteiger partial charge in [-0.05, 0) is 6.07 Å². The average molecular weight is 161 g/mol. The van der Waals surface area contributed by atoms with Crippen molar-refractivity contribution < 1.29 is 5.11 Å². The number of aryl methyl sites for hydroxylation is 1. The summed E-state index contributed by atoms with van der Waals surface area (Å²) >= 11 is 0. The molecule has 1 aromatic carbocycles. The lowest BCUT2D eigenvalue weighted by Crippen LogP contribution is -1.93. The first kappa shape index (κ1) is 7.31. The Kier molecular flexibility index (Phi) is 1.59. The SMILES string of the molecule is Cn1ncc2[c]ccc(CO)c21. The lowest BCUT2D eigenvalue weighted by Gasteiger charge is -1.99. The van der Waals surface area contributed by atoms with Gasteiger partial charge in [0.2, 0.25) is 0 Å². The molecule has 1 radical (unpaired) electrons. The molecule has 0 atom stereocenters. The smallest absolute Gasteiger partial charge is 0.0740 e. The van der Waals surface area contributed by atoms with Gasteiger partial charge in [0.25, 0.3) is 0 Å². The Hall–Kier alpha value is -1.35. The minimum atomic E-state index is 0.0463. The molecular formula is C9H9N2O. The van der Waals surface area contributed by atoms with Crippen LogP contribution in [0.3, 0.4) is 0 Å². The molecule has 0 aliphatic heterocycles. The molecule has 1 heterocycles. The maximum atomic E-state index is 9.02. The molecule has 2 aromatic rings. The summed E-state index contributed by atoms with van der Waals surface area (Å²) in [5.74, 6) is 0. The summed E-state index contributed by atoms with van der Waals surface area (Å²) < 4.78 is 1.75. The molecule has 0 aliphatic rings. The van der Waals surface area contributed by atoms with Crippen molar-refractivity contribution in [3.8, 4) is 0 Å². The van der Waals surface area contributed by atoms with Crippen LogP contribution < -0.4 is 0 Å². The molecule has 3 heteroatoms. The summed E-state index contributed by atoms with van der Waals surface area (Å²) in [6.45, 7) is 0.0463. The van der Waals surface area contributed by atoms with Crippen LogP contribution in [0.25, 0.3) is 10.9 Å². The van der Waals surface area contributed by atoms with Crippen LogP contribution in [-0.2, 0) is 13.7 Å². The lowest BCUT2D eigenvalue weighted by molar-refractivity contribution is 0.283. The highest BCUT2D eigenvalue weighted by molar-refractivity contribution is 5.81. The van der Waals surface area contributed by atoms with E-state index in [2.05, 4.69) is 11.2 Å². The van der Waals surface area contributed by atoms with Crippen molar-refractivity contribution >= 4 is 10.9 Å². The van der Waals surface area contributed by atoms with Crippen LogP contribution in [0.2, 0.25) is 0 Å². The fourth-order valence-electron chi connectivity index (χ4n) is 1.36. The Labute approximate surface area is 70.2 Å². The third-order valence-electron chi connectivity index (χ3n) is 1.94. The first-order chi connectivity index (χ1) is 5.83. The highest BCUT2D eigenvalue weighted by Crippen LogP contribution is 2.16. The topological polar surface area (TPSA) is 38.0 Å². The molecule has 12 heavy (non-hydrogen) atoms. The van der Waals surface area contributed by atoms with E-state index in [4.69, 9.17) is 5.11 Å². The molecule has 61 valence electrons. The fraction of sp³-hybridized carbons (Fsp3) is 0.222. The third-order valence-corrected chi connectivity index (χ3v) is 1.94. The van der Waals surface area contributed by atoms with Gasteiger partial charge in [0.05, 0.1) is 18.3 Å². The molecule has 0 aliphatic carbocycles.